The van der Waals surface area contributed by atoms with E-state index in [1.54, 1.807) is 33.0 Å². The van der Waals surface area contributed by atoms with Gasteiger partial charge in [0.1, 0.15) is 17.7 Å². The molecule has 1 atom stereocenters. The van der Waals surface area contributed by atoms with Crippen LogP contribution >= 0.6 is 0 Å². The molecule has 3 rings (SSSR count). The van der Waals surface area contributed by atoms with Crippen molar-refractivity contribution in [2.75, 3.05) is 0 Å². The lowest BCUT2D eigenvalue weighted by Gasteiger charge is -2.22. The third-order valence-corrected chi connectivity index (χ3v) is 5.47. The highest BCUT2D eigenvalue weighted by atomic mass is 16.6. The fraction of sp³-hybridized carbons (Fsp3) is 0.542. The molecule has 174 valence electrons. The number of benzene rings is 1. The van der Waals surface area contributed by atoms with E-state index in [1.807, 2.05) is 18.2 Å². The SMILES string of the molecule is CC(C)(C)OC(=O)N[C@@H](Cc1cn(C(=O)OC2CCCCCC2)c2ccccc12)C(=O)O. The summed E-state index contributed by atoms with van der Waals surface area (Å²) in [5, 5.41) is 12.8. The quantitative estimate of drug-likeness (QED) is 0.637. The minimum Gasteiger partial charge on any atom is -0.480 e. The summed E-state index contributed by atoms with van der Waals surface area (Å²) >= 11 is 0. The highest BCUT2D eigenvalue weighted by Gasteiger charge is 2.27. The molecule has 1 aromatic heterocycles. The van der Waals surface area contributed by atoms with Crippen molar-refractivity contribution >= 4 is 29.1 Å². The van der Waals surface area contributed by atoms with Gasteiger partial charge in [0.15, 0.2) is 0 Å². The van der Waals surface area contributed by atoms with Crippen LogP contribution in [0.3, 0.4) is 0 Å². The number of alkyl carbamates (subject to hydrolysis) is 1. The summed E-state index contributed by atoms with van der Waals surface area (Å²) in [6.07, 6.45) is 6.37. The molecule has 0 aliphatic heterocycles. The van der Waals surface area contributed by atoms with Gasteiger partial charge in [0, 0.05) is 18.0 Å². The molecule has 2 N–H and O–H groups in total. The number of carbonyl (C=O) groups excluding carboxylic acids is 2. The van der Waals surface area contributed by atoms with Crippen molar-refractivity contribution in [3.63, 3.8) is 0 Å². The Balaban J connectivity index is 1.81. The van der Waals surface area contributed by atoms with Gasteiger partial charge in [0.2, 0.25) is 0 Å². The lowest BCUT2D eigenvalue weighted by molar-refractivity contribution is -0.139. The number of rotatable bonds is 5. The number of aromatic nitrogens is 1. The van der Waals surface area contributed by atoms with E-state index in [0.29, 0.717) is 11.1 Å². The van der Waals surface area contributed by atoms with Crippen LogP contribution in [0.25, 0.3) is 10.9 Å². The van der Waals surface area contributed by atoms with Crippen molar-refractivity contribution in [3.05, 3.63) is 36.0 Å². The Morgan fingerprint density at radius 3 is 2.41 bits per heavy atom. The zero-order chi connectivity index (χ0) is 23.3. The van der Waals surface area contributed by atoms with Gasteiger partial charge < -0.3 is 19.9 Å². The first-order chi connectivity index (χ1) is 15.1. The zero-order valence-corrected chi connectivity index (χ0v) is 18.9. The van der Waals surface area contributed by atoms with Gasteiger partial charge >= 0.3 is 18.2 Å². The average molecular weight is 445 g/mol. The van der Waals surface area contributed by atoms with Gasteiger partial charge in [0.25, 0.3) is 0 Å². The summed E-state index contributed by atoms with van der Waals surface area (Å²) in [4.78, 5) is 36.9. The van der Waals surface area contributed by atoms with Crippen LogP contribution in [0.5, 0.6) is 0 Å². The summed E-state index contributed by atoms with van der Waals surface area (Å²) in [7, 11) is 0. The molecular weight excluding hydrogens is 412 g/mol. The lowest BCUT2D eigenvalue weighted by atomic mass is 10.1. The molecule has 1 aliphatic carbocycles. The number of carbonyl (C=O) groups is 3. The second-order valence-electron chi connectivity index (χ2n) is 9.28. The second kappa shape index (κ2) is 10.1. The predicted molar refractivity (Wildman–Crippen MR) is 120 cm³/mol. The molecule has 1 amide bonds. The average Bonchev–Trinajstić information content (AvgIpc) is 2.87. The number of nitrogens with zero attached hydrogens (tertiary/aromatic N) is 1. The molecule has 1 aromatic carbocycles. The number of aliphatic carboxylic acids is 1. The third kappa shape index (κ3) is 6.24. The number of hydrogen-bond donors (Lipinski definition) is 2. The minimum atomic E-state index is -1.21. The molecule has 0 saturated heterocycles. The minimum absolute atomic E-state index is 0.00119. The smallest absolute Gasteiger partial charge is 0.418 e. The molecule has 32 heavy (non-hydrogen) atoms. The van der Waals surface area contributed by atoms with E-state index < -0.39 is 29.8 Å². The lowest BCUT2D eigenvalue weighted by Crippen LogP contribution is -2.44. The topological polar surface area (TPSA) is 107 Å². The Morgan fingerprint density at radius 1 is 1.12 bits per heavy atom. The molecule has 0 spiro atoms. The number of carboxylic acids is 1. The molecule has 2 aromatic rings. The van der Waals surface area contributed by atoms with Crippen LogP contribution in [0.2, 0.25) is 0 Å². The van der Waals surface area contributed by atoms with Crippen LogP contribution < -0.4 is 5.32 Å². The molecule has 1 saturated carbocycles. The third-order valence-electron chi connectivity index (χ3n) is 5.47. The number of fused-ring (bicyclic) bond motifs is 1. The van der Waals surface area contributed by atoms with Gasteiger partial charge in [-0.1, -0.05) is 31.0 Å². The van der Waals surface area contributed by atoms with Crippen LogP contribution in [0, 0.1) is 0 Å². The first-order valence-electron chi connectivity index (χ1n) is 11.2. The van der Waals surface area contributed by atoms with Crippen molar-refractivity contribution in [1.82, 2.24) is 9.88 Å². The second-order valence-corrected chi connectivity index (χ2v) is 9.28. The van der Waals surface area contributed by atoms with E-state index in [9.17, 15) is 19.5 Å². The van der Waals surface area contributed by atoms with Crippen molar-refractivity contribution in [3.8, 4) is 0 Å². The van der Waals surface area contributed by atoms with Crippen LogP contribution in [-0.4, -0.2) is 45.6 Å². The molecular formula is C24H32N2O6. The Labute approximate surface area is 187 Å². The van der Waals surface area contributed by atoms with Crippen LogP contribution in [-0.2, 0) is 20.7 Å². The number of nitrogens with one attached hydrogen (secondary N) is 1. The Morgan fingerprint density at radius 2 is 1.78 bits per heavy atom. The number of hydrogen-bond acceptors (Lipinski definition) is 5. The maximum atomic E-state index is 12.9. The van der Waals surface area contributed by atoms with Crippen molar-refractivity contribution in [1.29, 1.82) is 0 Å². The molecule has 0 radical (unpaired) electrons. The number of carboxylic acid groups (broad SMARTS) is 1. The maximum absolute atomic E-state index is 12.9. The number of para-hydroxylation sites is 1. The summed E-state index contributed by atoms with van der Waals surface area (Å²) in [5.41, 5.74) is 0.523. The Bertz CT molecular complexity index is 967. The van der Waals surface area contributed by atoms with E-state index in [1.165, 1.54) is 4.57 Å². The van der Waals surface area contributed by atoms with Crippen LogP contribution in [0.4, 0.5) is 9.59 Å². The number of amides is 1. The van der Waals surface area contributed by atoms with Crippen molar-refractivity contribution in [2.45, 2.75) is 83.5 Å². The first-order valence-corrected chi connectivity index (χ1v) is 11.2. The van der Waals surface area contributed by atoms with Gasteiger partial charge in [-0.05, 0) is 58.1 Å². The maximum Gasteiger partial charge on any atom is 0.418 e. The Hall–Kier alpha value is -3.03. The monoisotopic (exact) mass is 444 g/mol. The molecule has 1 heterocycles. The normalized spacial score (nSPS) is 16.2. The Kier molecular flexibility index (Phi) is 7.43. The predicted octanol–water partition coefficient (Wildman–Crippen LogP) is 4.87. The zero-order valence-electron chi connectivity index (χ0n) is 18.9. The van der Waals surface area contributed by atoms with E-state index in [2.05, 4.69) is 5.32 Å². The van der Waals surface area contributed by atoms with Crippen LogP contribution in [0.15, 0.2) is 30.5 Å². The van der Waals surface area contributed by atoms with Crippen LogP contribution in [0.1, 0.15) is 64.9 Å². The fourth-order valence-electron chi connectivity index (χ4n) is 3.99. The summed E-state index contributed by atoms with van der Waals surface area (Å²) < 4.78 is 12.4. The number of ether oxygens (including phenoxy) is 2. The van der Waals surface area contributed by atoms with E-state index >= 15 is 0 Å². The first kappa shape index (κ1) is 23.6. The van der Waals surface area contributed by atoms with Gasteiger partial charge in [-0.2, -0.15) is 0 Å². The van der Waals surface area contributed by atoms with Crippen molar-refractivity contribution < 1.29 is 29.0 Å². The molecule has 1 fully saturated rings. The van der Waals surface area contributed by atoms with Gasteiger partial charge in [-0.25, -0.2) is 14.4 Å². The molecule has 0 bridgehead atoms. The highest BCUT2D eigenvalue weighted by Crippen LogP contribution is 2.25. The van der Waals surface area contributed by atoms with E-state index in [-0.39, 0.29) is 12.5 Å². The molecule has 1 aliphatic rings. The molecule has 0 unspecified atom stereocenters. The van der Waals surface area contributed by atoms with Gasteiger partial charge in [-0.15, -0.1) is 0 Å². The van der Waals surface area contributed by atoms with Gasteiger partial charge in [-0.3, -0.25) is 4.57 Å². The summed E-state index contributed by atoms with van der Waals surface area (Å²) in [6.45, 7) is 5.11. The standard InChI is InChI=1S/C24H32N2O6/c1-24(2,3)32-22(29)25-19(21(27)28)14-16-15-26(20-13-9-8-12-18(16)20)23(30)31-17-10-6-4-5-7-11-17/h8-9,12-13,15,17,19H,4-7,10-11,14H2,1-3H3,(H,25,29)(H,27,28)/t19-/m0/s1. The van der Waals surface area contributed by atoms with E-state index in [0.717, 1.165) is 43.9 Å². The largest absolute Gasteiger partial charge is 0.480 e. The van der Waals surface area contributed by atoms with Gasteiger partial charge in [0.05, 0.1) is 5.52 Å². The van der Waals surface area contributed by atoms with E-state index in [4.69, 9.17) is 9.47 Å². The highest BCUT2D eigenvalue weighted by molar-refractivity contribution is 5.92. The molecule has 8 heteroatoms. The van der Waals surface area contributed by atoms with Crippen molar-refractivity contribution in [2.24, 2.45) is 0 Å². The summed E-state index contributed by atoms with van der Waals surface area (Å²) in [6, 6.07) is 6.05. The molecule has 8 nitrogen and oxygen atoms in total. The summed E-state index contributed by atoms with van der Waals surface area (Å²) in [5.74, 6) is -1.19. The fourth-order valence-corrected chi connectivity index (χ4v) is 3.99.